The average molecular weight is 333 g/mol. The molecule has 0 fully saturated rings. The molecule has 4 heteroatoms. The van der Waals surface area contributed by atoms with Crippen LogP contribution < -0.4 is 4.74 Å². The Bertz CT molecular complexity index is 663. The van der Waals surface area contributed by atoms with Crippen molar-refractivity contribution in [2.24, 2.45) is 0 Å². The molecule has 0 spiro atoms. The highest BCUT2D eigenvalue weighted by Crippen LogP contribution is 2.24. The minimum Gasteiger partial charge on any atom is -0.507 e. The van der Waals surface area contributed by atoms with Gasteiger partial charge in [-0.2, -0.15) is 0 Å². The normalized spacial score (nSPS) is 10.7. The van der Waals surface area contributed by atoms with Gasteiger partial charge in [0.05, 0.1) is 11.6 Å². The number of phenolic OH excluding ortho intramolecular Hbond substituents is 1. The molecule has 0 heterocycles. The summed E-state index contributed by atoms with van der Waals surface area (Å²) in [4.78, 5) is 12.0. The minimum absolute atomic E-state index is 0.104. The molecule has 3 nitrogen and oxygen atoms in total. The van der Waals surface area contributed by atoms with Crippen LogP contribution in [0.3, 0.4) is 0 Å². The molecule has 0 bridgehead atoms. The van der Waals surface area contributed by atoms with Crippen molar-refractivity contribution in [3.05, 3.63) is 64.1 Å². The highest BCUT2D eigenvalue weighted by molar-refractivity contribution is 9.10. The van der Waals surface area contributed by atoms with Gasteiger partial charge in [0.2, 0.25) is 0 Å². The highest BCUT2D eigenvalue weighted by Gasteiger charge is 2.03. The molecule has 0 aliphatic heterocycles. The van der Waals surface area contributed by atoms with Crippen LogP contribution in [0.2, 0.25) is 0 Å². The number of allylic oxidation sites excluding steroid dienone is 1. The topological polar surface area (TPSA) is 46.5 Å². The Hall–Kier alpha value is -2.07. The van der Waals surface area contributed by atoms with E-state index in [0.29, 0.717) is 15.8 Å². The van der Waals surface area contributed by atoms with Gasteiger partial charge in [-0.05, 0) is 51.8 Å². The fourth-order valence-corrected chi connectivity index (χ4v) is 2.07. The molecule has 0 radical (unpaired) electrons. The highest BCUT2D eigenvalue weighted by atomic mass is 79.9. The molecule has 2 aromatic carbocycles. The van der Waals surface area contributed by atoms with E-state index in [1.165, 1.54) is 6.08 Å². The predicted octanol–water partition coefficient (Wildman–Crippen LogP) is 4.06. The van der Waals surface area contributed by atoms with Crippen LogP contribution in [0.1, 0.15) is 15.9 Å². The number of hydrogen-bond acceptors (Lipinski definition) is 3. The molecule has 0 aliphatic carbocycles. The van der Waals surface area contributed by atoms with Crippen molar-refractivity contribution < 1.29 is 14.6 Å². The molecule has 2 aromatic rings. The van der Waals surface area contributed by atoms with E-state index in [0.717, 1.165) is 5.56 Å². The first-order valence-corrected chi connectivity index (χ1v) is 6.74. The summed E-state index contributed by atoms with van der Waals surface area (Å²) in [6.07, 6.45) is 3.19. The van der Waals surface area contributed by atoms with Crippen LogP contribution in [-0.2, 0) is 0 Å². The Kier molecular flexibility index (Phi) is 4.58. The summed E-state index contributed by atoms with van der Waals surface area (Å²) in [5, 5.41) is 9.41. The van der Waals surface area contributed by atoms with E-state index < -0.39 is 0 Å². The van der Waals surface area contributed by atoms with Crippen LogP contribution in [0, 0.1) is 0 Å². The number of aromatic hydroxyl groups is 1. The maximum Gasteiger partial charge on any atom is 0.185 e. The lowest BCUT2D eigenvalue weighted by atomic mass is 10.1. The molecule has 0 atom stereocenters. The van der Waals surface area contributed by atoms with Gasteiger partial charge in [0.15, 0.2) is 5.78 Å². The van der Waals surface area contributed by atoms with Crippen molar-refractivity contribution in [3.63, 3.8) is 0 Å². The van der Waals surface area contributed by atoms with Gasteiger partial charge in [-0.3, -0.25) is 4.79 Å². The number of carbonyl (C=O) groups is 1. The molecule has 0 aromatic heterocycles. The van der Waals surface area contributed by atoms with E-state index in [-0.39, 0.29) is 11.5 Å². The monoisotopic (exact) mass is 332 g/mol. The number of ether oxygens (including phenoxy) is 1. The number of carbonyl (C=O) groups excluding carboxylic acids is 1. The Labute approximate surface area is 125 Å². The number of hydrogen-bond donors (Lipinski definition) is 1. The van der Waals surface area contributed by atoms with Crippen LogP contribution >= 0.6 is 15.9 Å². The fraction of sp³-hybridized carbons (Fsp3) is 0.0625. The smallest absolute Gasteiger partial charge is 0.185 e. The predicted molar refractivity (Wildman–Crippen MR) is 82.2 cm³/mol. The summed E-state index contributed by atoms with van der Waals surface area (Å²) in [5.74, 6) is 0.714. The van der Waals surface area contributed by atoms with Gasteiger partial charge >= 0.3 is 0 Å². The van der Waals surface area contributed by atoms with Crippen molar-refractivity contribution in [2.75, 3.05) is 7.11 Å². The fourth-order valence-electron chi connectivity index (χ4n) is 1.67. The Morgan fingerprint density at radius 3 is 2.75 bits per heavy atom. The maximum atomic E-state index is 12.0. The van der Waals surface area contributed by atoms with Crippen LogP contribution in [0.25, 0.3) is 6.08 Å². The molecule has 20 heavy (non-hydrogen) atoms. The molecule has 0 unspecified atom stereocenters. The first-order chi connectivity index (χ1) is 9.60. The summed E-state index contributed by atoms with van der Waals surface area (Å²) < 4.78 is 5.68. The molecule has 0 saturated carbocycles. The third-order valence-corrected chi connectivity index (χ3v) is 3.39. The number of ketones is 1. The van der Waals surface area contributed by atoms with Gasteiger partial charge in [0, 0.05) is 5.56 Å². The van der Waals surface area contributed by atoms with Gasteiger partial charge in [0.25, 0.3) is 0 Å². The molecular weight excluding hydrogens is 320 g/mol. The molecule has 0 saturated heterocycles. The summed E-state index contributed by atoms with van der Waals surface area (Å²) in [6, 6.07) is 12.0. The van der Waals surface area contributed by atoms with E-state index in [9.17, 15) is 9.90 Å². The summed E-state index contributed by atoms with van der Waals surface area (Å²) in [7, 11) is 1.56. The minimum atomic E-state index is -0.104. The molecular formula is C16H13BrO3. The quantitative estimate of drug-likeness (QED) is 0.678. The zero-order chi connectivity index (χ0) is 14.5. The number of phenols is 1. The van der Waals surface area contributed by atoms with E-state index in [1.807, 2.05) is 0 Å². The van der Waals surface area contributed by atoms with Gasteiger partial charge in [-0.1, -0.05) is 24.3 Å². The van der Waals surface area contributed by atoms with E-state index >= 15 is 0 Å². The van der Waals surface area contributed by atoms with Crippen LogP contribution in [0.4, 0.5) is 0 Å². The number of methoxy groups -OCH3 is 1. The first-order valence-electron chi connectivity index (χ1n) is 5.95. The summed E-state index contributed by atoms with van der Waals surface area (Å²) in [6.45, 7) is 0. The van der Waals surface area contributed by atoms with Crippen LogP contribution in [-0.4, -0.2) is 18.0 Å². The van der Waals surface area contributed by atoms with E-state index in [1.54, 1.807) is 55.7 Å². The van der Waals surface area contributed by atoms with E-state index in [2.05, 4.69) is 15.9 Å². The van der Waals surface area contributed by atoms with Gasteiger partial charge in [-0.15, -0.1) is 0 Å². The number of benzene rings is 2. The standard InChI is InChI=1S/C16H13BrO3/c1-20-13-4-2-3-12(10-13)15(18)7-5-11-6-8-16(19)14(17)9-11/h2-10,19H,1H3/b7-5+. The molecule has 1 N–H and O–H groups in total. The zero-order valence-electron chi connectivity index (χ0n) is 10.8. The summed E-state index contributed by atoms with van der Waals surface area (Å²) in [5.41, 5.74) is 1.39. The van der Waals surface area contributed by atoms with Crippen molar-refractivity contribution in [1.82, 2.24) is 0 Å². The largest absolute Gasteiger partial charge is 0.507 e. The molecule has 0 aliphatic rings. The van der Waals surface area contributed by atoms with Crippen molar-refractivity contribution >= 4 is 27.8 Å². The maximum absolute atomic E-state index is 12.0. The van der Waals surface area contributed by atoms with Crippen molar-refractivity contribution in [3.8, 4) is 11.5 Å². The van der Waals surface area contributed by atoms with Crippen LogP contribution in [0.15, 0.2) is 53.0 Å². The van der Waals surface area contributed by atoms with Gasteiger partial charge < -0.3 is 9.84 Å². The van der Waals surface area contributed by atoms with Gasteiger partial charge in [0.1, 0.15) is 11.5 Å². The van der Waals surface area contributed by atoms with Crippen molar-refractivity contribution in [2.45, 2.75) is 0 Å². The third-order valence-electron chi connectivity index (χ3n) is 2.75. The lowest BCUT2D eigenvalue weighted by Crippen LogP contribution is -1.94. The first kappa shape index (κ1) is 14.3. The van der Waals surface area contributed by atoms with E-state index in [4.69, 9.17) is 4.74 Å². The average Bonchev–Trinajstić information content (AvgIpc) is 2.48. The second kappa shape index (κ2) is 6.39. The summed E-state index contributed by atoms with van der Waals surface area (Å²) >= 11 is 3.23. The number of halogens is 1. The van der Waals surface area contributed by atoms with Crippen LogP contribution in [0.5, 0.6) is 11.5 Å². The lowest BCUT2D eigenvalue weighted by Gasteiger charge is -2.01. The zero-order valence-corrected chi connectivity index (χ0v) is 12.4. The second-order valence-electron chi connectivity index (χ2n) is 4.14. The Morgan fingerprint density at radius 2 is 2.05 bits per heavy atom. The lowest BCUT2D eigenvalue weighted by molar-refractivity contribution is 0.104. The Balaban J connectivity index is 2.17. The molecule has 0 amide bonds. The number of rotatable bonds is 4. The van der Waals surface area contributed by atoms with Crippen molar-refractivity contribution in [1.29, 1.82) is 0 Å². The Morgan fingerprint density at radius 1 is 1.25 bits per heavy atom. The molecule has 2 rings (SSSR count). The third kappa shape index (κ3) is 3.48. The second-order valence-corrected chi connectivity index (χ2v) is 4.99. The SMILES string of the molecule is COc1cccc(C(=O)/C=C/c2ccc(O)c(Br)c2)c1. The molecule has 102 valence electrons. The van der Waals surface area contributed by atoms with Gasteiger partial charge in [-0.25, -0.2) is 0 Å².